The van der Waals surface area contributed by atoms with E-state index < -0.39 is 0 Å². The Morgan fingerprint density at radius 2 is 2.00 bits per heavy atom. The summed E-state index contributed by atoms with van der Waals surface area (Å²) in [5.74, 6) is 0.938. The second-order valence-electron chi connectivity index (χ2n) is 6.81. The van der Waals surface area contributed by atoms with Crippen LogP contribution in [-0.4, -0.2) is 57.8 Å². The van der Waals surface area contributed by atoms with E-state index in [0.29, 0.717) is 37.1 Å². The van der Waals surface area contributed by atoms with Crippen LogP contribution in [0.25, 0.3) is 0 Å². The molecule has 0 unspecified atom stereocenters. The largest absolute Gasteiger partial charge is 0.459 e. The molecule has 1 fully saturated rings. The Morgan fingerprint density at radius 1 is 1.21 bits per heavy atom. The van der Waals surface area contributed by atoms with Crippen LogP contribution in [0, 0.1) is 6.92 Å². The Morgan fingerprint density at radius 3 is 2.72 bits per heavy atom. The van der Waals surface area contributed by atoms with Crippen molar-refractivity contribution in [3.05, 3.63) is 59.1 Å². The zero-order chi connectivity index (χ0) is 20.2. The highest BCUT2D eigenvalue weighted by molar-refractivity contribution is 7.13. The first-order valence-corrected chi connectivity index (χ1v) is 10.2. The number of furan rings is 1. The molecule has 1 N–H and O–H groups in total. The first kappa shape index (κ1) is 19.1. The van der Waals surface area contributed by atoms with Crippen LogP contribution in [0.4, 0.5) is 10.9 Å². The minimum absolute atomic E-state index is 0.0145. The molecule has 8 nitrogen and oxygen atoms in total. The molecule has 0 aromatic carbocycles. The standard InChI is InChI=1S/C20H21N5O3S/c1-14-4-5-21-17(11-14)23-20-22-15(13-29-20)12-18(26)24-6-8-25(9-7-24)19(27)16-3-2-10-28-16/h2-5,10-11,13H,6-9,12H2,1H3,(H,21,22,23). The number of carbonyl (C=O) groups is 2. The number of rotatable bonds is 5. The fraction of sp³-hybridized carbons (Fsp3) is 0.300. The summed E-state index contributed by atoms with van der Waals surface area (Å²) in [6.45, 7) is 4.00. The molecule has 0 aliphatic carbocycles. The number of carbonyl (C=O) groups excluding carboxylic acids is 2. The van der Waals surface area contributed by atoms with E-state index >= 15 is 0 Å². The molecule has 0 bridgehead atoms. The highest BCUT2D eigenvalue weighted by Crippen LogP contribution is 2.21. The molecule has 1 aliphatic rings. The van der Waals surface area contributed by atoms with Gasteiger partial charge in [-0.15, -0.1) is 11.3 Å². The van der Waals surface area contributed by atoms with Gasteiger partial charge in [-0.05, 0) is 36.8 Å². The number of thiazole rings is 1. The molecule has 0 atom stereocenters. The molecule has 4 heterocycles. The number of nitrogens with zero attached hydrogens (tertiary/aromatic N) is 4. The van der Waals surface area contributed by atoms with Crippen molar-refractivity contribution in [1.29, 1.82) is 0 Å². The van der Waals surface area contributed by atoms with Crippen molar-refractivity contribution < 1.29 is 14.0 Å². The van der Waals surface area contributed by atoms with Crippen LogP contribution in [0.5, 0.6) is 0 Å². The van der Waals surface area contributed by atoms with Gasteiger partial charge in [-0.2, -0.15) is 0 Å². The van der Waals surface area contributed by atoms with Gasteiger partial charge in [-0.25, -0.2) is 9.97 Å². The number of aromatic nitrogens is 2. The third-order valence-electron chi connectivity index (χ3n) is 4.69. The lowest BCUT2D eigenvalue weighted by molar-refractivity contribution is -0.132. The average molecular weight is 411 g/mol. The van der Waals surface area contributed by atoms with E-state index in [1.165, 1.54) is 17.6 Å². The summed E-state index contributed by atoms with van der Waals surface area (Å²) < 4.78 is 5.16. The summed E-state index contributed by atoms with van der Waals surface area (Å²) in [5, 5.41) is 5.76. The van der Waals surface area contributed by atoms with Crippen LogP contribution < -0.4 is 5.32 Å². The highest BCUT2D eigenvalue weighted by Gasteiger charge is 2.26. The number of hydrogen-bond acceptors (Lipinski definition) is 7. The minimum Gasteiger partial charge on any atom is -0.459 e. The second-order valence-corrected chi connectivity index (χ2v) is 7.67. The molecule has 1 saturated heterocycles. The maximum atomic E-state index is 12.6. The van der Waals surface area contributed by atoms with E-state index in [-0.39, 0.29) is 18.2 Å². The molecule has 9 heteroatoms. The summed E-state index contributed by atoms with van der Waals surface area (Å²) in [5.41, 5.74) is 1.84. The van der Waals surface area contributed by atoms with Gasteiger partial charge in [0.15, 0.2) is 10.9 Å². The highest BCUT2D eigenvalue weighted by atomic mass is 32.1. The summed E-state index contributed by atoms with van der Waals surface area (Å²) in [6.07, 6.45) is 3.47. The molecule has 3 aromatic rings. The normalized spacial score (nSPS) is 14.1. The van der Waals surface area contributed by atoms with E-state index in [4.69, 9.17) is 4.42 Å². The van der Waals surface area contributed by atoms with Gasteiger partial charge in [0.1, 0.15) is 5.82 Å². The third kappa shape index (κ3) is 4.62. The molecular weight excluding hydrogens is 390 g/mol. The molecule has 0 saturated carbocycles. The van der Waals surface area contributed by atoms with Crippen LogP contribution >= 0.6 is 11.3 Å². The van der Waals surface area contributed by atoms with Gasteiger partial charge >= 0.3 is 0 Å². The van der Waals surface area contributed by atoms with Gasteiger partial charge in [0.05, 0.1) is 18.4 Å². The van der Waals surface area contributed by atoms with Crippen LogP contribution in [-0.2, 0) is 11.2 Å². The summed E-state index contributed by atoms with van der Waals surface area (Å²) in [6, 6.07) is 7.22. The van der Waals surface area contributed by atoms with Crippen molar-refractivity contribution in [1.82, 2.24) is 19.8 Å². The van der Waals surface area contributed by atoms with Gasteiger partial charge in [-0.3, -0.25) is 9.59 Å². The molecule has 3 aromatic heterocycles. The molecule has 150 valence electrons. The van der Waals surface area contributed by atoms with Crippen molar-refractivity contribution in [2.24, 2.45) is 0 Å². The van der Waals surface area contributed by atoms with Gasteiger partial charge in [0.25, 0.3) is 5.91 Å². The van der Waals surface area contributed by atoms with Crippen LogP contribution in [0.1, 0.15) is 21.8 Å². The van der Waals surface area contributed by atoms with Crippen molar-refractivity contribution in [2.75, 3.05) is 31.5 Å². The number of anilines is 2. The first-order valence-electron chi connectivity index (χ1n) is 9.33. The Balaban J connectivity index is 1.29. The molecule has 2 amide bonds. The predicted octanol–water partition coefficient (Wildman–Crippen LogP) is 2.71. The monoisotopic (exact) mass is 411 g/mol. The lowest BCUT2D eigenvalue weighted by Crippen LogP contribution is -2.50. The number of pyridine rings is 1. The number of aryl methyl sites for hydroxylation is 1. The predicted molar refractivity (Wildman–Crippen MR) is 109 cm³/mol. The summed E-state index contributed by atoms with van der Waals surface area (Å²) in [7, 11) is 0. The van der Waals surface area contributed by atoms with Gasteiger partial charge in [0.2, 0.25) is 5.91 Å². The second kappa shape index (κ2) is 8.44. The van der Waals surface area contributed by atoms with Crippen LogP contribution in [0.3, 0.4) is 0 Å². The van der Waals surface area contributed by atoms with Crippen LogP contribution in [0.15, 0.2) is 46.5 Å². The van der Waals surface area contributed by atoms with Crippen LogP contribution in [0.2, 0.25) is 0 Å². The number of amides is 2. The van der Waals surface area contributed by atoms with E-state index in [1.54, 1.807) is 28.1 Å². The fourth-order valence-corrected chi connectivity index (χ4v) is 3.86. The molecular formula is C20H21N5O3S. The maximum absolute atomic E-state index is 12.6. The Labute approximate surface area is 172 Å². The topological polar surface area (TPSA) is 91.6 Å². The van der Waals surface area contributed by atoms with Gasteiger partial charge in [-0.1, -0.05) is 0 Å². The summed E-state index contributed by atoms with van der Waals surface area (Å²) >= 11 is 1.45. The number of hydrogen-bond donors (Lipinski definition) is 1. The SMILES string of the molecule is Cc1ccnc(Nc2nc(CC(=O)N3CCN(C(=O)c4ccco4)CC3)cs2)c1. The van der Waals surface area contributed by atoms with E-state index in [0.717, 1.165) is 17.1 Å². The van der Waals surface area contributed by atoms with Crippen molar-refractivity contribution in [3.8, 4) is 0 Å². The quantitative estimate of drug-likeness (QED) is 0.694. The zero-order valence-electron chi connectivity index (χ0n) is 16.0. The summed E-state index contributed by atoms with van der Waals surface area (Å²) in [4.78, 5) is 37.2. The lowest BCUT2D eigenvalue weighted by atomic mass is 10.2. The van der Waals surface area contributed by atoms with Crippen molar-refractivity contribution in [3.63, 3.8) is 0 Å². The van der Waals surface area contributed by atoms with E-state index in [1.807, 2.05) is 24.4 Å². The molecule has 4 rings (SSSR count). The maximum Gasteiger partial charge on any atom is 0.289 e. The van der Waals surface area contributed by atoms with Gasteiger partial charge in [0, 0.05) is 37.8 Å². The van der Waals surface area contributed by atoms with Crippen molar-refractivity contribution in [2.45, 2.75) is 13.3 Å². The number of piperazine rings is 1. The van der Waals surface area contributed by atoms with Crippen molar-refractivity contribution >= 4 is 34.1 Å². The smallest absolute Gasteiger partial charge is 0.289 e. The minimum atomic E-state index is -0.137. The number of nitrogens with one attached hydrogen (secondary N) is 1. The molecule has 0 spiro atoms. The van der Waals surface area contributed by atoms with E-state index in [2.05, 4.69) is 15.3 Å². The third-order valence-corrected chi connectivity index (χ3v) is 5.49. The fourth-order valence-electron chi connectivity index (χ4n) is 3.14. The Kier molecular flexibility index (Phi) is 5.57. The first-order chi connectivity index (χ1) is 14.1. The molecule has 0 radical (unpaired) electrons. The average Bonchev–Trinajstić information content (AvgIpc) is 3.40. The Hall–Kier alpha value is -3.20. The molecule has 29 heavy (non-hydrogen) atoms. The van der Waals surface area contributed by atoms with Gasteiger partial charge < -0.3 is 19.5 Å². The van der Waals surface area contributed by atoms with E-state index in [9.17, 15) is 9.59 Å². The zero-order valence-corrected chi connectivity index (χ0v) is 16.8. The lowest BCUT2D eigenvalue weighted by Gasteiger charge is -2.34. The molecule has 1 aliphatic heterocycles. The Bertz CT molecular complexity index is 993.